The molecule has 1 fully saturated rings. The summed E-state index contributed by atoms with van der Waals surface area (Å²) >= 11 is 0. The van der Waals surface area contributed by atoms with Crippen LogP contribution in [0, 0.1) is 20.8 Å². The second-order valence-electron chi connectivity index (χ2n) is 8.65. The van der Waals surface area contributed by atoms with E-state index in [9.17, 15) is 18.0 Å². The molecule has 2 heterocycles. The molecule has 0 saturated carbocycles. The van der Waals surface area contributed by atoms with Crippen LogP contribution in [0.5, 0.6) is 0 Å². The van der Waals surface area contributed by atoms with Crippen molar-refractivity contribution in [2.45, 2.75) is 59.5 Å². The van der Waals surface area contributed by atoms with E-state index in [0.717, 1.165) is 22.6 Å². The highest BCUT2D eigenvalue weighted by Crippen LogP contribution is 2.23. The number of benzene rings is 1. The molecular weight excluding hydrogens is 428 g/mol. The fraction of sp³-hybridized carbons (Fsp3) is 0.500. The van der Waals surface area contributed by atoms with Gasteiger partial charge in [-0.2, -0.15) is 0 Å². The van der Waals surface area contributed by atoms with Crippen molar-refractivity contribution in [1.29, 1.82) is 0 Å². The van der Waals surface area contributed by atoms with E-state index in [4.69, 9.17) is 4.74 Å². The molecule has 1 amide bonds. The predicted octanol–water partition coefficient (Wildman–Crippen LogP) is 3.37. The summed E-state index contributed by atoms with van der Waals surface area (Å²) in [5.41, 5.74) is 4.14. The summed E-state index contributed by atoms with van der Waals surface area (Å²) in [6, 6.07) is 9.27. The zero-order valence-electron chi connectivity index (χ0n) is 19.4. The van der Waals surface area contributed by atoms with Crippen LogP contribution in [-0.4, -0.2) is 60.0 Å². The Balaban J connectivity index is 1.74. The highest BCUT2D eigenvalue weighted by atomic mass is 32.2. The predicted molar refractivity (Wildman–Crippen MR) is 124 cm³/mol. The topological polar surface area (TPSA) is 85.7 Å². The van der Waals surface area contributed by atoms with E-state index in [1.165, 1.54) is 0 Å². The van der Waals surface area contributed by atoms with E-state index >= 15 is 0 Å². The summed E-state index contributed by atoms with van der Waals surface area (Å²) in [7, 11) is -3.13. The van der Waals surface area contributed by atoms with Gasteiger partial charge in [-0.05, 0) is 58.7 Å². The molecule has 0 aliphatic carbocycles. The van der Waals surface area contributed by atoms with Gasteiger partial charge in [-0.15, -0.1) is 0 Å². The maximum atomic E-state index is 12.9. The molecule has 1 aromatic heterocycles. The van der Waals surface area contributed by atoms with Crippen molar-refractivity contribution in [1.82, 2.24) is 9.47 Å². The van der Waals surface area contributed by atoms with Gasteiger partial charge in [0.2, 0.25) is 0 Å². The lowest BCUT2D eigenvalue weighted by atomic mass is 10.1. The van der Waals surface area contributed by atoms with Gasteiger partial charge in [-0.1, -0.05) is 24.6 Å². The van der Waals surface area contributed by atoms with Crippen molar-refractivity contribution in [2.75, 3.05) is 18.1 Å². The maximum Gasteiger partial charge on any atom is 0.340 e. The third kappa shape index (κ3) is 5.06. The van der Waals surface area contributed by atoms with Gasteiger partial charge in [0.05, 0.1) is 17.1 Å². The first kappa shape index (κ1) is 24.0. The molecular formula is C24H32N2O5S. The first-order chi connectivity index (χ1) is 15.0. The average molecular weight is 461 g/mol. The molecule has 1 aliphatic heterocycles. The number of hydrogen-bond acceptors (Lipinski definition) is 5. The molecule has 0 bridgehead atoms. The lowest BCUT2D eigenvalue weighted by molar-refractivity contribution is -0.138. The highest BCUT2D eigenvalue weighted by molar-refractivity contribution is 7.91. The number of amides is 1. The molecule has 1 saturated heterocycles. The number of esters is 1. The van der Waals surface area contributed by atoms with Crippen molar-refractivity contribution in [3.8, 4) is 5.69 Å². The van der Waals surface area contributed by atoms with Gasteiger partial charge in [-0.25, -0.2) is 13.2 Å². The number of nitrogens with zero attached hydrogens (tertiary/aromatic N) is 2. The molecule has 2 atom stereocenters. The SMILES string of the molecule is CCC(C)N(C(=O)COC(=O)c1cc(C)n(-c2ccc(C)cc2)c1C)C1CCS(=O)(=O)C1. The van der Waals surface area contributed by atoms with Crippen LogP contribution in [0.2, 0.25) is 0 Å². The molecule has 0 spiro atoms. The minimum Gasteiger partial charge on any atom is -0.452 e. The summed E-state index contributed by atoms with van der Waals surface area (Å²) < 4.78 is 31.2. The van der Waals surface area contributed by atoms with E-state index < -0.39 is 22.4 Å². The number of aryl methyl sites for hydroxylation is 2. The highest BCUT2D eigenvalue weighted by Gasteiger charge is 2.36. The Morgan fingerprint density at radius 1 is 1.19 bits per heavy atom. The van der Waals surface area contributed by atoms with Crippen LogP contribution in [0.3, 0.4) is 0 Å². The van der Waals surface area contributed by atoms with E-state index in [2.05, 4.69) is 0 Å². The van der Waals surface area contributed by atoms with Crippen LogP contribution in [0.4, 0.5) is 0 Å². The second-order valence-corrected chi connectivity index (χ2v) is 10.9. The molecule has 2 unspecified atom stereocenters. The van der Waals surface area contributed by atoms with Crippen LogP contribution < -0.4 is 0 Å². The Hall–Kier alpha value is -2.61. The molecule has 1 aliphatic rings. The zero-order valence-corrected chi connectivity index (χ0v) is 20.2. The standard InChI is InChI=1S/C24H32N2O5S/c1-6-17(3)26(21-11-12-32(29,30)15-21)23(27)14-31-24(28)22-13-18(4)25(19(22)5)20-9-7-16(2)8-10-20/h7-10,13,17,21H,6,11-12,14-15H2,1-5H3. The molecule has 8 heteroatoms. The average Bonchev–Trinajstić information content (AvgIpc) is 3.25. The molecule has 2 aromatic rings. The number of carbonyl (C=O) groups is 2. The smallest absolute Gasteiger partial charge is 0.340 e. The number of carbonyl (C=O) groups excluding carboxylic acids is 2. The number of sulfone groups is 1. The maximum absolute atomic E-state index is 12.9. The van der Waals surface area contributed by atoms with Crippen LogP contribution in [0.25, 0.3) is 5.69 Å². The van der Waals surface area contributed by atoms with Crippen LogP contribution in [-0.2, 0) is 19.4 Å². The van der Waals surface area contributed by atoms with Crippen molar-refractivity contribution >= 4 is 21.7 Å². The Morgan fingerprint density at radius 3 is 2.41 bits per heavy atom. The van der Waals surface area contributed by atoms with E-state index in [-0.39, 0.29) is 29.5 Å². The van der Waals surface area contributed by atoms with Gasteiger partial charge in [0, 0.05) is 29.2 Å². The van der Waals surface area contributed by atoms with Crippen LogP contribution in [0.15, 0.2) is 30.3 Å². The molecule has 7 nitrogen and oxygen atoms in total. The van der Waals surface area contributed by atoms with E-state index in [1.54, 1.807) is 11.0 Å². The quantitative estimate of drug-likeness (QED) is 0.592. The van der Waals surface area contributed by atoms with Gasteiger partial charge < -0.3 is 14.2 Å². The van der Waals surface area contributed by atoms with Crippen molar-refractivity contribution in [2.24, 2.45) is 0 Å². The van der Waals surface area contributed by atoms with Gasteiger partial charge >= 0.3 is 5.97 Å². The van der Waals surface area contributed by atoms with Gasteiger partial charge in [0.25, 0.3) is 5.91 Å². The summed E-state index contributed by atoms with van der Waals surface area (Å²) in [5.74, 6) is -0.868. The minimum absolute atomic E-state index is 0.0330. The third-order valence-corrected chi connectivity index (χ3v) is 7.98. The zero-order chi connectivity index (χ0) is 23.6. The Kier molecular flexibility index (Phi) is 7.12. The fourth-order valence-electron chi connectivity index (χ4n) is 4.34. The fourth-order valence-corrected chi connectivity index (χ4v) is 6.05. The monoisotopic (exact) mass is 460 g/mol. The molecule has 0 N–H and O–H groups in total. The van der Waals surface area contributed by atoms with Gasteiger partial charge in [-0.3, -0.25) is 4.79 Å². The minimum atomic E-state index is -3.13. The normalized spacial score (nSPS) is 18.3. The molecule has 3 rings (SSSR count). The first-order valence-electron chi connectivity index (χ1n) is 11.0. The number of hydrogen-bond donors (Lipinski definition) is 0. The summed E-state index contributed by atoms with van der Waals surface area (Å²) in [6.45, 7) is 9.21. The molecule has 0 radical (unpaired) electrons. The number of rotatable bonds is 7. The molecule has 32 heavy (non-hydrogen) atoms. The lowest BCUT2D eigenvalue weighted by Crippen LogP contribution is -2.48. The first-order valence-corrected chi connectivity index (χ1v) is 12.8. The summed E-state index contributed by atoms with van der Waals surface area (Å²) in [5, 5.41) is 0. The largest absolute Gasteiger partial charge is 0.452 e. The Morgan fingerprint density at radius 2 is 1.84 bits per heavy atom. The summed E-state index contributed by atoms with van der Waals surface area (Å²) in [6.07, 6.45) is 1.11. The molecule has 1 aromatic carbocycles. The second kappa shape index (κ2) is 9.48. The Bertz CT molecular complexity index is 1100. The third-order valence-electron chi connectivity index (χ3n) is 6.23. The lowest BCUT2D eigenvalue weighted by Gasteiger charge is -2.33. The Labute approximate surface area is 190 Å². The van der Waals surface area contributed by atoms with Crippen molar-refractivity contribution < 1.29 is 22.7 Å². The van der Waals surface area contributed by atoms with Crippen molar-refractivity contribution in [3.63, 3.8) is 0 Å². The van der Waals surface area contributed by atoms with Crippen molar-refractivity contribution in [3.05, 3.63) is 52.8 Å². The van der Waals surface area contributed by atoms with E-state index in [1.807, 2.05) is 63.5 Å². The van der Waals surface area contributed by atoms with Gasteiger partial charge in [0.15, 0.2) is 16.4 Å². The summed E-state index contributed by atoms with van der Waals surface area (Å²) in [4.78, 5) is 27.3. The van der Waals surface area contributed by atoms with Crippen LogP contribution >= 0.6 is 0 Å². The molecule has 174 valence electrons. The number of ether oxygens (including phenoxy) is 1. The van der Waals surface area contributed by atoms with Crippen LogP contribution in [0.1, 0.15) is 54.0 Å². The van der Waals surface area contributed by atoms with E-state index in [0.29, 0.717) is 18.4 Å². The van der Waals surface area contributed by atoms with Gasteiger partial charge in [0.1, 0.15) is 0 Å². The number of aromatic nitrogens is 1.